The van der Waals surface area contributed by atoms with Crippen molar-refractivity contribution in [1.82, 2.24) is 5.43 Å². The van der Waals surface area contributed by atoms with Crippen molar-refractivity contribution in [3.63, 3.8) is 0 Å². The Morgan fingerprint density at radius 2 is 2.00 bits per heavy atom. The van der Waals surface area contributed by atoms with Crippen LogP contribution >= 0.6 is 54.5 Å². The molecule has 1 N–H and O–H groups in total. The first kappa shape index (κ1) is 23.5. The SMILES string of the molecule is N#Cc1ccccc1COc1c(Br)cc(/C=N/NC(=O)c2cc3cc(Br)ccc3o2)cc1I. The van der Waals surface area contributed by atoms with Crippen molar-refractivity contribution in [2.45, 2.75) is 6.61 Å². The molecule has 0 spiro atoms. The molecule has 4 aromatic rings. The molecule has 0 radical (unpaired) electrons. The second kappa shape index (κ2) is 10.5. The first-order valence-electron chi connectivity index (χ1n) is 9.57. The molecule has 1 aromatic heterocycles. The number of nitriles is 1. The van der Waals surface area contributed by atoms with Gasteiger partial charge in [0.05, 0.1) is 25.9 Å². The summed E-state index contributed by atoms with van der Waals surface area (Å²) < 4.78 is 14.0. The fourth-order valence-corrected chi connectivity index (χ4v) is 5.19. The van der Waals surface area contributed by atoms with Crippen LogP contribution < -0.4 is 10.2 Å². The van der Waals surface area contributed by atoms with E-state index in [-0.39, 0.29) is 12.4 Å². The summed E-state index contributed by atoms with van der Waals surface area (Å²) in [6, 6.07) is 20.4. The number of carbonyl (C=O) groups is 1. The molecular formula is C24H14Br2IN3O3. The van der Waals surface area contributed by atoms with E-state index in [0.717, 1.165) is 29.0 Å². The topological polar surface area (TPSA) is 87.6 Å². The number of hydrogen-bond donors (Lipinski definition) is 1. The molecule has 0 aliphatic heterocycles. The number of halogens is 3. The Bertz CT molecular complexity index is 1400. The number of benzene rings is 3. The van der Waals surface area contributed by atoms with Gasteiger partial charge in [0.1, 0.15) is 17.9 Å². The van der Waals surface area contributed by atoms with E-state index in [9.17, 15) is 10.1 Å². The van der Waals surface area contributed by atoms with E-state index in [1.807, 2.05) is 42.5 Å². The van der Waals surface area contributed by atoms with Crippen LogP contribution in [0.2, 0.25) is 0 Å². The Hall–Kier alpha value is -2.68. The summed E-state index contributed by atoms with van der Waals surface area (Å²) in [7, 11) is 0. The highest BCUT2D eigenvalue weighted by molar-refractivity contribution is 14.1. The maximum Gasteiger partial charge on any atom is 0.307 e. The number of rotatable bonds is 6. The zero-order valence-corrected chi connectivity index (χ0v) is 22.1. The molecule has 0 fully saturated rings. The zero-order valence-electron chi connectivity index (χ0n) is 16.8. The third-order valence-corrected chi connectivity index (χ3v) is 6.50. The van der Waals surface area contributed by atoms with Gasteiger partial charge in [0.15, 0.2) is 5.76 Å². The predicted octanol–water partition coefficient (Wildman–Crippen LogP) is 6.78. The van der Waals surface area contributed by atoms with Gasteiger partial charge in [0, 0.05) is 15.4 Å². The lowest BCUT2D eigenvalue weighted by atomic mass is 10.1. The van der Waals surface area contributed by atoms with E-state index in [1.165, 1.54) is 0 Å². The van der Waals surface area contributed by atoms with Crippen LogP contribution in [0.4, 0.5) is 0 Å². The molecule has 0 saturated heterocycles. The number of ether oxygens (including phenoxy) is 1. The van der Waals surface area contributed by atoms with Crippen molar-refractivity contribution >= 4 is 77.5 Å². The van der Waals surface area contributed by atoms with Crippen LogP contribution in [0.25, 0.3) is 11.0 Å². The minimum atomic E-state index is -0.441. The van der Waals surface area contributed by atoms with Crippen LogP contribution in [0, 0.1) is 14.9 Å². The summed E-state index contributed by atoms with van der Waals surface area (Å²) in [4.78, 5) is 12.4. The van der Waals surface area contributed by atoms with E-state index in [2.05, 4.69) is 71.0 Å². The lowest BCUT2D eigenvalue weighted by molar-refractivity contribution is 0.0929. The average Bonchev–Trinajstić information content (AvgIpc) is 3.22. The van der Waals surface area contributed by atoms with Crippen LogP contribution in [0.1, 0.15) is 27.2 Å². The molecule has 1 amide bonds. The van der Waals surface area contributed by atoms with Crippen LogP contribution in [0.3, 0.4) is 0 Å². The second-order valence-electron chi connectivity index (χ2n) is 6.86. The summed E-state index contributed by atoms with van der Waals surface area (Å²) in [6.45, 7) is 0.274. The first-order valence-corrected chi connectivity index (χ1v) is 12.2. The minimum absolute atomic E-state index is 0.178. The Balaban J connectivity index is 1.43. The molecule has 4 rings (SSSR count). The molecule has 9 heteroatoms. The van der Waals surface area contributed by atoms with Crippen LogP contribution in [-0.4, -0.2) is 12.1 Å². The van der Waals surface area contributed by atoms with E-state index in [1.54, 1.807) is 24.4 Å². The van der Waals surface area contributed by atoms with Gasteiger partial charge in [-0.3, -0.25) is 4.79 Å². The van der Waals surface area contributed by atoms with Crippen molar-refractivity contribution < 1.29 is 13.9 Å². The van der Waals surface area contributed by atoms with Gasteiger partial charge in [0.2, 0.25) is 0 Å². The normalized spacial score (nSPS) is 11.0. The van der Waals surface area contributed by atoms with Crippen molar-refractivity contribution in [1.29, 1.82) is 5.26 Å². The van der Waals surface area contributed by atoms with Crippen LogP contribution in [0.15, 0.2) is 79.1 Å². The Morgan fingerprint density at radius 1 is 1.18 bits per heavy atom. The number of nitrogens with zero attached hydrogens (tertiary/aromatic N) is 2. The van der Waals surface area contributed by atoms with Crippen molar-refractivity contribution in [2.24, 2.45) is 5.10 Å². The largest absolute Gasteiger partial charge is 0.487 e. The molecule has 164 valence electrons. The summed E-state index contributed by atoms with van der Waals surface area (Å²) in [5, 5.41) is 14.1. The van der Waals surface area contributed by atoms with Crippen LogP contribution in [-0.2, 0) is 6.61 Å². The molecule has 3 aromatic carbocycles. The summed E-state index contributed by atoms with van der Waals surface area (Å²) >= 11 is 9.10. The van der Waals surface area contributed by atoms with Gasteiger partial charge in [-0.25, -0.2) is 5.43 Å². The highest BCUT2D eigenvalue weighted by atomic mass is 127. The minimum Gasteiger partial charge on any atom is -0.487 e. The van der Waals surface area contributed by atoms with Crippen molar-refractivity contribution in [2.75, 3.05) is 0 Å². The monoisotopic (exact) mass is 677 g/mol. The molecule has 0 saturated carbocycles. The van der Waals surface area contributed by atoms with E-state index in [0.29, 0.717) is 16.9 Å². The van der Waals surface area contributed by atoms with Gasteiger partial charge < -0.3 is 9.15 Å². The molecule has 33 heavy (non-hydrogen) atoms. The third-order valence-electron chi connectivity index (χ3n) is 4.61. The average molecular weight is 679 g/mol. The molecular weight excluding hydrogens is 665 g/mol. The molecule has 0 atom stereocenters. The van der Waals surface area contributed by atoms with E-state index in [4.69, 9.17) is 9.15 Å². The number of furan rings is 1. The van der Waals surface area contributed by atoms with Crippen molar-refractivity contribution in [3.05, 3.63) is 95.6 Å². The molecule has 6 nitrogen and oxygen atoms in total. The number of carbonyl (C=O) groups excluding carboxylic acids is 1. The number of hydrogen-bond acceptors (Lipinski definition) is 5. The molecule has 0 unspecified atom stereocenters. The number of nitrogens with one attached hydrogen (secondary N) is 1. The fourth-order valence-electron chi connectivity index (χ4n) is 3.04. The van der Waals surface area contributed by atoms with Gasteiger partial charge in [-0.05, 0) is 86.5 Å². The van der Waals surface area contributed by atoms with Gasteiger partial charge in [-0.2, -0.15) is 10.4 Å². The van der Waals surface area contributed by atoms with Crippen LogP contribution in [0.5, 0.6) is 5.75 Å². The summed E-state index contributed by atoms with van der Waals surface area (Å²) in [5.74, 6) is 0.402. The van der Waals surface area contributed by atoms with Gasteiger partial charge in [0.25, 0.3) is 0 Å². The molecule has 0 aliphatic carbocycles. The maximum absolute atomic E-state index is 12.4. The highest BCUT2D eigenvalue weighted by Crippen LogP contribution is 2.32. The Labute approximate surface area is 220 Å². The van der Waals surface area contributed by atoms with Gasteiger partial charge >= 0.3 is 5.91 Å². The quantitative estimate of drug-likeness (QED) is 0.138. The molecule has 0 aliphatic rings. The van der Waals surface area contributed by atoms with E-state index < -0.39 is 5.91 Å². The molecule has 1 heterocycles. The Kier molecular flexibility index (Phi) is 7.47. The van der Waals surface area contributed by atoms with E-state index >= 15 is 0 Å². The van der Waals surface area contributed by atoms with Gasteiger partial charge in [-0.1, -0.05) is 34.1 Å². The van der Waals surface area contributed by atoms with Crippen molar-refractivity contribution in [3.8, 4) is 11.8 Å². The zero-order chi connectivity index (χ0) is 23.4. The number of amides is 1. The summed E-state index contributed by atoms with van der Waals surface area (Å²) in [6.07, 6.45) is 1.54. The smallest absolute Gasteiger partial charge is 0.307 e. The molecule has 0 bridgehead atoms. The lowest BCUT2D eigenvalue weighted by Crippen LogP contribution is -2.16. The second-order valence-corrected chi connectivity index (χ2v) is 9.80. The summed E-state index contributed by atoms with van der Waals surface area (Å²) in [5.41, 5.74) is 5.27. The number of hydrazone groups is 1. The van der Waals surface area contributed by atoms with Gasteiger partial charge in [-0.15, -0.1) is 0 Å². The predicted molar refractivity (Wildman–Crippen MR) is 141 cm³/mol. The number of fused-ring (bicyclic) bond motifs is 1. The lowest BCUT2D eigenvalue weighted by Gasteiger charge is -2.12. The standard InChI is InChI=1S/C24H14Br2IN3O3/c25-18-5-6-21-17(9-18)10-22(33-21)24(31)30-29-12-14-7-19(26)23(20(27)8-14)32-13-16-4-2-1-3-15(16)11-28/h1-10,12H,13H2,(H,30,31)/b29-12+. The first-order chi connectivity index (χ1) is 15.9. The maximum atomic E-state index is 12.4. The third kappa shape index (κ3) is 5.63. The Morgan fingerprint density at radius 3 is 2.79 bits per heavy atom. The highest BCUT2D eigenvalue weighted by Gasteiger charge is 2.13. The fraction of sp³-hybridized carbons (Fsp3) is 0.0417.